The Hall–Kier alpha value is -3.91. The van der Waals surface area contributed by atoms with E-state index in [0.29, 0.717) is 16.8 Å². The maximum atomic E-state index is 15.5. The molecule has 0 saturated heterocycles. The molecule has 3 aromatic carbocycles. The molecule has 8 heteroatoms. The van der Waals surface area contributed by atoms with Crippen LogP contribution in [0, 0.1) is 5.82 Å². The third-order valence-corrected chi connectivity index (χ3v) is 6.75. The lowest BCUT2D eigenvalue weighted by molar-refractivity contribution is 0.224. The predicted molar refractivity (Wildman–Crippen MR) is 154 cm³/mol. The van der Waals surface area contributed by atoms with E-state index in [1.165, 1.54) is 6.07 Å². The molecule has 39 heavy (non-hydrogen) atoms. The van der Waals surface area contributed by atoms with Crippen LogP contribution in [-0.2, 0) is 6.54 Å². The average Bonchev–Trinajstić information content (AvgIpc) is 3.44. The minimum absolute atomic E-state index is 0.0804. The van der Waals surface area contributed by atoms with Crippen LogP contribution in [0.5, 0.6) is 0 Å². The number of halogens is 3. The van der Waals surface area contributed by atoms with Crippen molar-refractivity contribution in [2.45, 2.75) is 26.3 Å². The maximum absolute atomic E-state index is 15.5. The summed E-state index contributed by atoms with van der Waals surface area (Å²) in [7, 11) is 4.05. The van der Waals surface area contributed by atoms with Crippen molar-refractivity contribution in [1.82, 2.24) is 9.80 Å². The van der Waals surface area contributed by atoms with Crippen molar-refractivity contribution in [3.05, 3.63) is 102 Å². The van der Waals surface area contributed by atoms with Gasteiger partial charge in [-0.25, -0.2) is 13.2 Å². The molecule has 4 rings (SSSR count). The predicted octanol–water partition coefficient (Wildman–Crippen LogP) is 6.67. The number of benzene rings is 3. The molecule has 0 N–H and O–H groups in total. The van der Waals surface area contributed by atoms with E-state index in [-0.39, 0.29) is 18.7 Å². The number of rotatable bonds is 12. The molecule has 0 amide bonds. The zero-order chi connectivity index (χ0) is 27.9. The van der Waals surface area contributed by atoms with E-state index in [1.54, 1.807) is 12.1 Å². The SMILES string of the molecule is C=C(N(CC)CCN(C)C)N(Cc1ccc(C2=NN=C(C(F)F)C2)cc1F)c1cccc(-c2ccccc2)c1. The van der Waals surface area contributed by atoms with Gasteiger partial charge < -0.3 is 14.7 Å². The average molecular weight is 534 g/mol. The standard InChI is InChI=1S/C31H34F3N5/c1-5-38(17-16-37(3)4)22(2)39(27-13-9-12-24(18-27)23-10-7-6-8-11-23)21-26-15-14-25(19-28(26)32)29-20-30(31(33)34)36-35-29/h6-15,18-19,31H,2,5,16-17,20-21H2,1,3-4H3. The second-order valence-electron chi connectivity index (χ2n) is 9.72. The van der Waals surface area contributed by atoms with Crippen LogP contribution >= 0.6 is 0 Å². The third-order valence-electron chi connectivity index (χ3n) is 6.75. The molecule has 0 spiro atoms. The molecule has 5 nitrogen and oxygen atoms in total. The first-order valence-corrected chi connectivity index (χ1v) is 13.0. The highest BCUT2D eigenvalue weighted by Crippen LogP contribution is 2.30. The van der Waals surface area contributed by atoms with Crippen LogP contribution in [0.25, 0.3) is 11.1 Å². The van der Waals surface area contributed by atoms with Gasteiger partial charge in [0.2, 0.25) is 0 Å². The highest BCUT2D eigenvalue weighted by molar-refractivity contribution is 6.15. The van der Waals surface area contributed by atoms with Gasteiger partial charge in [0.05, 0.1) is 12.3 Å². The summed E-state index contributed by atoms with van der Waals surface area (Å²) < 4.78 is 41.4. The van der Waals surface area contributed by atoms with E-state index < -0.39 is 12.2 Å². The first-order chi connectivity index (χ1) is 18.8. The summed E-state index contributed by atoms with van der Waals surface area (Å²) in [5, 5.41) is 7.40. The van der Waals surface area contributed by atoms with Crippen molar-refractivity contribution in [1.29, 1.82) is 0 Å². The Morgan fingerprint density at radius 3 is 2.28 bits per heavy atom. The minimum atomic E-state index is -2.67. The fourth-order valence-electron chi connectivity index (χ4n) is 4.45. The molecule has 0 aliphatic carbocycles. The smallest absolute Gasteiger partial charge is 0.278 e. The van der Waals surface area contributed by atoms with Gasteiger partial charge in [-0.15, -0.1) is 0 Å². The maximum Gasteiger partial charge on any atom is 0.278 e. The Balaban J connectivity index is 1.64. The van der Waals surface area contributed by atoms with Crippen molar-refractivity contribution in [2.75, 3.05) is 38.6 Å². The summed E-state index contributed by atoms with van der Waals surface area (Å²) in [6, 6.07) is 23.0. The van der Waals surface area contributed by atoms with Gasteiger partial charge in [0.15, 0.2) is 0 Å². The molecule has 0 radical (unpaired) electrons. The lowest BCUT2D eigenvalue weighted by Crippen LogP contribution is -2.38. The van der Waals surface area contributed by atoms with E-state index in [2.05, 4.69) is 57.8 Å². The summed E-state index contributed by atoms with van der Waals surface area (Å²) in [6.45, 7) is 9.10. The summed E-state index contributed by atoms with van der Waals surface area (Å²) in [5.41, 5.74) is 3.98. The Kier molecular flexibility index (Phi) is 9.19. The van der Waals surface area contributed by atoms with Crippen LogP contribution in [0.3, 0.4) is 0 Å². The topological polar surface area (TPSA) is 34.4 Å². The van der Waals surface area contributed by atoms with Crippen LogP contribution < -0.4 is 4.90 Å². The number of hydrogen-bond acceptors (Lipinski definition) is 5. The molecule has 0 fully saturated rings. The highest BCUT2D eigenvalue weighted by Gasteiger charge is 2.23. The number of alkyl halides is 2. The lowest BCUT2D eigenvalue weighted by atomic mass is 10.0. The van der Waals surface area contributed by atoms with E-state index in [1.807, 2.05) is 49.3 Å². The third kappa shape index (κ3) is 6.95. The first-order valence-electron chi connectivity index (χ1n) is 13.0. The van der Waals surface area contributed by atoms with Crippen molar-refractivity contribution in [3.8, 4) is 11.1 Å². The Bertz CT molecular complexity index is 1350. The van der Waals surface area contributed by atoms with Crippen molar-refractivity contribution in [3.63, 3.8) is 0 Å². The molecular formula is C31H34F3N5. The Morgan fingerprint density at radius 2 is 1.64 bits per heavy atom. The normalized spacial score (nSPS) is 13.0. The summed E-state index contributed by atoms with van der Waals surface area (Å²) >= 11 is 0. The molecule has 0 bridgehead atoms. The van der Waals surface area contributed by atoms with Gasteiger partial charge in [-0.2, -0.15) is 10.2 Å². The second kappa shape index (κ2) is 12.8. The van der Waals surface area contributed by atoms with Gasteiger partial charge in [-0.1, -0.05) is 61.2 Å². The van der Waals surface area contributed by atoms with Gasteiger partial charge in [-0.3, -0.25) is 0 Å². The fourth-order valence-corrected chi connectivity index (χ4v) is 4.45. The van der Waals surface area contributed by atoms with Crippen LogP contribution in [0.1, 0.15) is 24.5 Å². The number of anilines is 1. The molecule has 1 aliphatic heterocycles. The fraction of sp³-hybridized carbons (Fsp3) is 0.290. The molecule has 204 valence electrons. The first kappa shape index (κ1) is 28.1. The van der Waals surface area contributed by atoms with E-state index in [0.717, 1.165) is 42.3 Å². The number of hydrogen-bond donors (Lipinski definition) is 0. The zero-order valence-electron chi connectivity index (χ0n) is 22.6. The molecule has 0 unspecified atom stereocenters. The van der Waals surface area contributed by atoms with Crippen molar-refractivity contribution >= 4 is 17.1 Å². The quantitative estimate of drug-likeness (QED) is 0.261. The zero-order valence-corrected chi connectivity index (χ0v) is 22.6. The van der Waals surface area contributed by atoms with E-state index in [4.69, 9.17) is 0 Å². The Morgan fingerprint density at radius 1 is 0.897 bits per heavy atom. The van der Waals surface area contributed by atoms with Gasteiger partial charge in [0.25, 0.3) is 6.43 Å². The van der Waals surface area contributed by atoms with E-state index >= 15 is 4.39 Å². The van der Waals surface area contributed by atoms with E-state index in [9.17, 15) is 8.78 Å². The van der Waals surface area contributed by atoms with Gasteiger partial charge >= 0.3 is 0 Å². The monoisotopic (exact) mass is 533 g/mol. The number of nitrogens with zero attached hydrogens (tertiary/aromatic N) is 5. The largest absolute Gasteiger partial charge is 0.357 e. The van der Waals surface area contributed by atoms with Gasteiger partial charge in [0.1, 0.15) is 17.3 Å². The molecule has 0 saturated carbocycles. The van der Waals surface area contributed by atoms with Gasteiger partial charge in [-0.05, 0) is 50.3 Å². The number of likely N-dealkylation sites (N-methyl/N-ethyl adjacent to an activating group) is 2. The molecule has 3 aromatic rings. The van der Waals surface area contributed by atoms with Crippen LogP contribution in [0.2, 0.25) is 0 Å². The molecule has 0 atom stereocenters. The van der Waals surface area contributed by atoms with Crippen molar-refractivity contribution in [2.24, 2.45) is 10.2 Å². The summed E-state index contributed by atoms with van der Waals surface area (Å²) in [6.07, 6.45) is -2.75. The highest BCUT2D eigenvalue weighted by atomic mass is 19.3. The van der Waals surface area contributed by atoms with Crippen molar-refractivity contribution < 1.29 is 13.2 Å². The lowest BCUT2D eigenvalue weighted by Gasteiger charge is -2.36. The summed E-state index contributed by atoms with van der Waals surface area (Å²) in [5.74, 6) is 0.331. The van der Waals surface area contributed by atoms with Crippen LogP contribution in [-0.4, -0.2) is 61.4 Å². The second-order valence-corrected chi connectivity index (χ2v) is 9.72. The van der Waals surface area contributed by atoms with Gasteiger partial charge in [0, 0.05) is 42.9 Å². The van der Waals surface area contributed by atoms with Crippen LogP contribution in [0.4, 0.5) is 18.9 Å². The summed E-state index contributed by atoms with van der Waals surface area (Å²) in [4.78, 5) is 6.32. The Labute approximate surface area is 228 Å². The molecule has 1 aliphatic rings. The molecule has 1 heterocycles. The van der Waals surface area contributed by atoms with Crippen LogP contribution in [0.15, 0.2) is 95.4 Å². The molecule has 0 aromatic heterocycles. The minimum Gasteiger partial charge on any atom is -0.357 e. The molecular weight excluding hydrogens is 499 g/mol.